The Bertz CT molecular complexity index is 1860. The van der Waals surface area contributed by atoms with Crippen LogP contribution >= 0.6 is 0 Å². The van der Waals surface area contributed by atoms with Crippen molar-refractivity contribution in [3.8, 4) is 0 Å². The van der Waals surface area contributed by atoms with E-state index in [1.54, 1.807) is 0 Å². The highest BCUT2D eigenvalue weighted by Gasteiger charge is 2.60. The van der Waals surface area contributed by atoms with Crippen LogP contribution in [0.5, 0.6) is 0 Å². The molecule has 52 heavy (non-hydrogen) atoms. The molecule has 0 radical (unpaired) electrons. The number of ketones is 1. The van der Waals surface area contributed by atoms with Crippen molar-refractivity contribution < 1.29 is 19.4 Å². The Morgan fingerprint density at radius 1 is 1.00 bits per heavy atom. The van der Waals surface area contributed by atoms with Crippen LogP contribution in [0.1, 0.15) is 132 Å². The van der Waals surface area contributed by atoms with Crippen molar-refractivity contribution in [2.75, 3.05) is 20.2 Å². The number of methoxy groups -OCH3 is 1. The van der Waals surface area contributed by atoms with Gasteiger partial charge in [-0.2, -0.15) is 0 Å². The van der Waals surface area contributed by atoms with E-state index in [0.717, 1.165) is 93.4 Å². The highest BCUT2D eigenvalue weighted by molar-refractivity contribution is 5.90. The second-order valence-corrected chi connectivity index (χ2v) is 17.9. The van der Waals surface area contributed by atoms with Crippen LogP contribution in [0.4, 0.5) is 0 Å². The minimum atomic E-state index is -1.63. The summed E-state index contributed by atoms with van der Waals surface area (Å²) in [6.07, 6.45) is 17.8. The molecular formula is C43H57N5O4. The molecule has 4 aliphatic heterocycles. The zero-order valence-corrected chi connectivity index (χ0v) is 31.3. The molecule has 9 aliphatic rings. The number of aryl methyl sites for hydroxylation is 1. The molecule has 0 amide bonds. The number of para-hydroxylation sites is 1. The lowest BCUT2D eigenvalue weighted by molar-refractivity contribution is -0.194. The monoisotopic (exact) mass is 707 g/mol. The molecule has 1 aromatic carbocycles. The maximum atomic E-state index is 12.8. The average molecular weight is 708 g/mol. The molecule has 4 bridgehead atoms. The van der Waals surface area contributed by atoms with E-state index in [0.29, 0.717) is 29.6 Å². The average Bonchev–Trinajstić information content (AvgIpc) is 3.76. The summed E-state index contributed by atoms with van der Waals surface area (Å²) in [5, 5.41) is 22.3. The molecule has 1 saturated heterocycles. The molecule has 1 N–H and O–H groups in total. The fourth-order valence-corrected chi connectivity index (χ4v) is 13.7. The van der Waals surface area contributed by atoms with Crippen LogP contribution in [0.3, 0.4) is 0 Å². The normalized spacial score (nSPS) is 37.9. The van der Waals surface area contributed by atoms with Crippen LogP contribution in [0.15, 0.2) is 37.4 Å². The number of benzene rings is 1. The Morgan fingerprint density at radius 2 is 1.71 bits per heavy atom. The topological polar surface area (TPSA) is 102 Å². The number of fused-ring (bicyclic) bond motifs is 6. The highest BCUT2D eigenvalue weighted by Crippen LogP contribution is 2.62. The van der Waals surface area contributed by atoms with Crippen molar-refractivity contribution in [3.05, 3.63) is 60.3 Å². The van der Waals surface area contributed by atoms with Crippen LogP contribution in [-0.2, 0) is 38.3 Å². The SMILES string of the molecule is C=C.CC[C@]12CCCN3CCc4c(n(c5ccccc45)[C@@](O)(C(=O)OC)C1)[C@@H]32.O=C1CCC2CCc3nnc(C45CC6CC(CC(C6)C4)C5)n3C2C1. The van der Waals surface area contributed by atoms with E-state index in [-0.39, 0.29) is 11.5 Å². The number of esters is 1. The molecule has 12 rings (SSSR count). The van der Waals surface area contributed by atoms with Gasteiger partial charge in [0.2, 0.25) is 5.72 Å². The van der Waals surface area contributed by atoms with Crippen LogP contribution in [-0.4, -0.2) is 61.3 Å². The van der Waals surface area contributed by atoms with Gasteiger partial charge in [0.25, 0.3) is 0 Å². The van der Waals surface area contributed by atoms with Crippen LogP contribution < -0.4 is 0 Å². The lowest BCUT2D eigenvalue weighted by Gasteiger charge is -2.57. The molecule has 3 aromatic rings. The van der Waals surface area contributed by atoms with E-state index >= 15 is 0 Å². The Hall–Kier alpha value is -3.30. The van der Waals surface area contributed by atoms with Crippen molar-refractivity contribution in [2.24, 2.45) is 29.1 Å². The van der Waals surface area contributed by atoms with Gasteiger partial charge in [0.1, 0.15) is 17.4 Å². The number of hydrogen-bond acceptors (Lipinski definition) is 7. The molecule has 5 saturated carbocycles. The van der Waals surface area contributed by atoms with Crippen molar-refractivity contribution >= 4 is 22.7 Å². The summed E-state index contributed by atoms with van der Waals surface area (Å²) >= 11 is 0. The van der Waals surface area contributed by atoms with E-state index in [2.05, 4.69) is 40.7 Å². The van der Waals surface area contributed by atoms with Gasteiger partial charge in [-0.3, -0.25) is 9.69 Å². The zero-order valence-electron chi connectivity index (χ0n) is 31.3. The quantitative estimate of drug-likeness (QED) is 0.224. The number of ether oxygens (including phenoxy) is 1. The lowest BCUT2D eigenvalue weighted by atomic mass is 9.49. The van der Waals surface area contributed by atoms with Gasteiger partial charge in [-0.1, -0.05) is 25.1 Å². The van der Waals surface area contributed by atoms with Gasteiger partial charge in [0.15, 0.2) is 0 Å². The second kappa shape index (κ2) is 12.6. The van der Waals surface area contributed by atoms with Crippen molar-refractivity contribution in [3.63, 3.8) is 0 Å². The van der Waals surface area contributed by atoms with Gasteiger partial charge >= 0.3 is 5.97 Å². The number of piperidine rings is 1. The van der Waals surface area contributed by atoms with Crippen molar-refractivity contribution in [1.29, 1.82) is 0 Å². The summed E-state index contributed by atoms with van der Waals surface area (Å²) in [6, 6.07) is 8.82. The summed E-state index contributed by atoms with van der Waals surface area (Å²) in [7, 11) is 1.37. The lowest BCUT2D eigenvalue weighted by Crippen LogP contribution is -2.60. The fraction of sp³-hybridized carbons (Fsp3) is 0.674. The minimum Gasteiger partial charge on any atom is -0.465 e. The molecule has 2 aromatic heterocycles. The number of rotatable bonds is 3. The van der Waals surface area contributed by atoms with E-state index in [1.807, 2.05) is 22.8 Å². The van der Waals surface area contributed by atoms with Crippen molar-refractivity contribution in [2.45, 2.75) is 133 Å². The van der Waals surface area contributed by atoms with Gasteiger partial charge in [-0.15, -0.1) is 23.4 Å². The summed E-state index contributed by atoms with van der Waals surface area (Å²) in [4.78, 5) is 27.6. The molecule has 6 heterocycles. The number of aromatic nitrogens is 4. The van der Waals surface area contributed by atoms with E-state index in [1.165, 1.54) is 74.7 Å². The number of carbonyl (C=O) groups excluding carboxylic acids is 2. The number of aliphatic hydroxyl groups is 1. The molecule has 6 fully saturated rings. The first-order valence-electron chi connectivity index (χ1n) is 20.4. The fourth-order valence-electron chi connectivity index (χ4n) is 13.7. The summed E-state index contributed by atoms with van der Waals surface area (Å²) in [6.45, 7) is 10.4. The maximum absolute atomic E-state index is 12.8. The summed E-state index contributed by atoms with van der Waals surface area (Å²) in [5.74, 6) is 5.84. The first-order chi connectivity index (χ1) is 25.3. The predicted octanol–water partition coefficient (Wildman–Crippen LogP) is 7.36. The van der Waals surface area contributed by atoms with Gasteiger partial charge in [-0.05, 0) is 124 Å². The van der Waals surface area contributed by atoms with Crippen molar-refractivity contribution in [1.82, 2.24) is 24.2 Å². The van der Waals surface area contributed by atoms with Crippen LogP contribution in [0.25, 0.3) is 10.9 Å². The minimum absolute atomic E-state index is 0.0826. The van der Waals surface area contributed by atoms with Gasteiger partial charge in [0, 0.05) is 54.8 Å². The summed E-state index contributed by atoms with van der Waals surface area (Å²) in [5.41, 5.74) is 1.99. The molecule has 0 spiro atoms. The molecule has 278 valence electrons. The number of carbonyl (C=O) groups is 2. The van der Waals surface area contributed by atoms with Crippen LogP contribution in [0.2, 0.25) is 0 Å². The van der Waals surface area contributed by atoms with Gasteiger partial charge in [0.05, 0.1) is 18.7 Å². The number of nitrogens with zero attached hydrogens (tertiary/aromatic N) is 5. The first-order valence-corrected chi connectivity index (χ1v) is 20.4. The maximum Gasteiger partial charge on any atom is 0.359 e. The molecule has 5 atom stereocenters. The number of Topliss-reactive ketones (excluding diaryl/α,β-unsaturated/α-hetero) is 1. The summed E-state index contributed by atoms with van der Waals surface area (Å²) < 4.78 is 9.51. The highest BCUT2D eigenvalue weighted by atomic mass is 16.5. The van der Waals surface area contributed by atoms with E-state index in [9.17, 15) is 14.7 Å². The first kappa shape index (κ1) is 34.5. The van der Waals surface area contributed by atoms with E-state index in [4.69, 9.17) is 9.84 Å². The molecular weight excluding hydrogens is 651 g/mol. The molecule has 2 unspecified atom stereocenters. The second-order valence-electron chi connectivity index (χ2n) is 17.9. The van der Waals surface area contributed by atoms with Gasteiger partial charge in [-0.25, -0.2) is 4.79 Å². The Kier molecular flexibility index (Phi) is 8.38. The molecule has 5 aliphatic carbocycles. The smallest absolute Gasteiger partial charge is 0.359 e. The molecule has 9 nitrogen and oxygen atoms in total. The predicted molar refractivity (Wildman–Crippen MR) is 200 cm³/mol. The third-order valence-corrected chi connectivity index (χ3v) is 15.3. The Morgan fingerprint density at radius 3 is 2.42 bits per heavy atom. The third kappa shape index (κ3) is 4.93. The standard InChI is InChI=1S/C21H26N2O3.C20H27N3O.C2H4/c1-3-20-10-6-11-22-12-9-15-14-7-4-5-8-16(14)23(17(15)18(20)22)21(25,13-20)19(24)26-2;24-16-3-1-15-2-4-18-21-22-19(23(18)17(15)8-16)20-9-12-5-13(10-20)7-14(6-12)11-20;1-2/h4-5,7-8,18,25H,3,6,9-13H2,1-2H3;12-15,17H,1-11H2;1-2H2/t18-,20+,21+;;/m1../s1. The zero-order chi connectivity index (χ0) is 36.0. The van der Waals surface area contributed by atoms with E-state index < -0.39 is 11.7 Å². The number of hydrogen-bond donors (Lipinski definition) is 1. The van der Waals surface area contributed by atoms with Gasteiger partial charge < -0.3 is 19.0 Å². The molecule has 9 heteroatoms. The van der Waals surface area contributed by atoms with Crippen LogP contribution in [0, 0.1) is 29.1 Å². The third-order valence-electron chi connectivity index (χ3n) is 15.3. The largest absolute Gasteiger partial charge is 0.465 e. The Balaban J connectivity index is 0.000000133. The Labute approximate surface area is 308 Å².